The van der Waals surface area contributed by atoms with Crippen molar-refractivity contribution in [2.24, 2.45) is 5.41 Å². The predicted molar refractivity (Wildman–Crippen MR) is 67.7 cm³/mol. The fraction of sp³-hybridized carbons (Fsp3) is 1.00. The van der Waals surface area contributed by atoms with Gasteiger partial charge < -0.3 is 10.1 Å². The average Bonchev–Trinajstić information content (AvgIpc) is 1.99. The van der Waals surface area contributed by atoms with Gasteiger partial charge in [0.1, 0.15) is 0 Å². The van der Waals surface area contributed by atoms with E-state index in [1.165, 1.54) is 0 Å². The van der Waals surface area contributed by atoms with E-state index < -0.39 is 0 Å². The van der Waals surface area contributed by atoms with Gasteiger partial charge in [-0.2, -0.15) is 0 Å². The maximum absolute atomic E-state index is 6.20. The molecule has 0 aromatic rings. The average molecular weight is 236 g/mol. The van der Waals surface area contributed by atoms with E-state index in [9.17, 15) is 0 Å². The molecule has 0 bridgehead atoms. The van der Waals surface area contributed by atoms with Crippen LogP contribution in [0, 0.1) is 5.41 Å². The Morgan fingerprint density at radius 3 is 2.33 bits per heavy atom. The number of ether oxygens (including phenoxy) is 1. The van der Waals surface area contributed by atoms with Crippen LogP contribution in [0.2, 0.25) is 0 Å². The first-order valence-electron chi connectivity index (χ1n) is 5.77. The number of hydrogen-bond donors (Lipinski definition) is 1. The topological polar surface area (TPSA) is 21.3 Å². The minimum Gasteiger partial charge on any atom is -0.377 e. The van der Waals surface area contributed by atoms with Gasteiger partial charge in [0.15, 0.2) is 0 Å². The van der Waals surface area contributed by atoms with Gasteiger partial charge >= 0.3 is 0 Å². The molecule has 1 atom stereocenters. The lowest BCUT2D eigenvalue weighted by atomic mass is 9.90. The van der Waals surface area contributed by atoms with Gasteiger partial charge in [0.25, 0.3) is 0 Å². The second-order valence-electron chi connectivity index (χ2n) is 5.49. The molecule has 15 heavy (non-hydrogen) atoms. The summed E-state index contributed by atoms with van der Waals surface area (Å²) in [6.07, 6.45) is 1.35. The van der Waals surface area contributed by atoms with Crippen molar-refractivity contribution in [2.45, 2.75) is 52.5 Å². The van der Waals surface area contributed by atoms with Crippen LogP contribution in [0.5, 0.6) is 0 Å². The van der Waals surface area contributed by atoms with Crippen molar-refractivity contribution in [1.82, 2.24) is 5.32 Å². The van der Waals surface area contributed by atoms with Crippen molar-refractivity contribution in [1.29, 1.82) is 0 Å². The first-order chi connectivity index (χ1) is 6.81. The van der Waals surface area contributed by atoms with Crippen LogP contribution in [0.25, 0.3) is 0 Å². The normalized spacial score (nSPS) is 14.6. The molecule has 1 N–H and O–H groups in total. The smallest absolute Gasteiger partial charge is 0.0594 e. The van der Waals surface area contributed by atoms with Gasteiger partial charge in [-0.1, -0.05) is 20.8 Å². The minimum absolute atomic E-state index is 0.212. The van der Waals surface area contributed by atoms with E-state index in [4.69, 9.17) is 16.3 Å². The van der Waals surface area contributed by atoms with E-state index >= 15 is 0 Å². The Morgan fingerprint density at radius 2 is 1.87 bits per heavy atom. The van der Waals surface area contributed by atoms with Crippen LogP contribution in [-0.2, 0) is 4.74 Å². The van der Waals surface area contributed by atoms with Crippen molar-refractivity contribution >= 4 is 11.6 Å². The van der Waals surface area contributed by atoms with Gasteiger partial charge in [-0.3, -0.25) is 0 Å². The highest BCUT2D eigenvalue weighted by Gasteiger charge is 2.16. The molecule has 0 aromatic heterocycles. The van der Waals surface area contributed by atoms with Crippen LogP contribution in [0.1, 0.15) is 41.0 Å². The Morgan fingerprint density at radius 1 is 1.27 bits per heavy atom. The van der Waals surface area contributed by atoms with Crippen molar-refractivity contribution in [3.05, 3.63) is 0 Å². The number of alkyl halides is 1. The molecule has 0 rings (SSSR count). The molecule has 0 heterocycles. The maximum atomic E-state index is 6.20. The molecule has 2 nitrogen and oxygen atoms in total. The lowest BCUT2D eigenvalue weighted by Crippen LogP contribution is -2.29. The van der Waals surface area contributed by atoms with Crippen molar-refractivity contribution in [2.75, 3.05) is 19.7 Å². The largest absolute Gasteiger partial charge is 0.377 e. The van der Waals surface area contributed by atoms with Crippen molar-refractivity contribution < 1.29 is 4.74 Å². The summed E-state index contributed by atoms with van der Waals surface area (Å²) >= 11 is 6.20. The molecule has 0 fully saturated rings. The van der Waals surface area contributed by atoms with Crippen LogP contribution in [-0.4, -0.2) is 31.2 Å². The third-order valence-electron chi connectivity index (χ3n) is 1.93. The fourth-order valence-corrected chi connectivity index (χ4v) is 1.93. The lowest BCUT2D eigenvalue weighted by molar-refractivity contribution is 0.0808. The van der Waals surface area contributed by atoms with E-state index in [1.807, 2.05) is 13.8 Å². The number of rotatable bonds is 7. The summed E-state index contributed by atoms with van der Waals surface area (Å²) in [4.78, 5) is 0. The van der Waals surface area contributed by atoms with Gasteiger partial charge in [0, 0.05) is 18.5 Å². The summed E-state index contributed by atoms with van der Waals surface area (Å²) in [7, 11) is 0. The fourth-order valence-electron chi connectivity index (χ4n) is 1.36. The summed E-state index contributed by atoms with van der Waals surface area (Å²) in [5.41, 5.74) is 0.308. The minimum atomic E-state index is 0.212. The highest BCUT2D eigenvalue weighted by atomic mass is 35.5. The third kappa shape index (κ3) is 12.1. The molecule has 0 aliphatic heterocycles. The van der Waals surface area contributed by atoms with E-state index in [1.54, 1.807) is 0 Å². The van der Waals surface area contributed by atoms with Gasteiger partial charge in [0.05, 0.1) is 12.7 Å². The van der Waals surface area contributed by atoms with E-state index in [-0.39, 0.29) is 5.38 Å². The maximum Gasteiger partial charge on any atom is 0.0594 e. The summed E-state index contributed by atoms with van der Waals surface area (Å²) in [6.45, 7) is 13.2. The molecular formula is C12H26ClNO. The Labute approximate surface area is 99.7 Å². The summed E-state index contributed by atoms with van der Waals surface area (Å²) in [6, 6.07) is 0. The molecule has 1 unspecified atom stereocenters. The molecule has 0 aromatic carbocycles. The van der Waals surface area contributed by atoms with Gasteiger partial charge in [-0.15, -0.1) is 11.6 Å². The molecule has 0 saturated heterocycles. The Hall–Kier alpha value is 0.210. The molecular weight excluding hydrogens is 210 g/mol. The van der Waals surface area contributed by atoms with Gasteiger partial charge in [-0.05, 0) is 25.7 Å². The molecule has 0 saturated carbocycles. The molecule has 0 radical (unpaired) electrons. The predicted octanol–water partition coefficient (Wildman–Crippen LogP) is 3.04. The highest BCUT2D eigenvalue weighted by Crippen LogP contribution is 2.22. The number of nitrogens with one attached hydrogen (secondary N) is 1. The monoisotopic (exact) mass is 235 g/mol. The van der Waals surface area contributed by atoms with E-state index in [0.717, 1.165) is 26.1 Å². The molecule has 0 spiro atoms. The number of hydrogen-bond acceptors (Lipinski definition) is 2. The van der Waals surface area contributed by atoms with E-state index in [2.05, 4.69) is 26.1 Å². The lowest BCUT2D eigenvalue weighted by Gasteiger charge is -2.22. The van der Waals surface area contributed by atoms with Crippen LogP contribution in [0.3, 0.4) is 0 Å². The first-order valence-corrected chi connectivity index (χ1v) is 6.21. The van der Waals surface area contributed by atoms with Gasteiger partial charge in [-0.25, -0.2) is 0 Å². The Balaban J connectivity index is 3.36. The molecule has 3 heteroatoms. The van der Waals surface area contributed by atoms with Crippen LogP contribution < -0.4 is 5.32 Å². The number of halogens is 1. The zero-order chi connectivity index (χ0) is 11.9. The summed E-state index contributed by atoms with van der Waals surface area (Å²) in [5, 5.41) is 3.52. The van der Waals surface area contributed by atoms with Crippen LogP contribution >= 0.6 is 11.6 Å². The van der Waals surface area contributed by atoms with Crippen molar-refractivity contribution in [3.8, 4) is 0 Å². The SMILES string of the molecule is CC(C)OCCNCC(Cl)CC(C)(C)C. The summed E-state index contributed by atoms with van der Waals surface area (Å²) < 4.78 is 5.42. The summed E-state index contributed by atoms with van der Waals surface area (Å²) in [5.74, 6) is 0. The Kier molecular flexibility index (Phi) is 7.58. The standard InChI is InChI=1S/C12H26ClNO/c1-10(2)15-7-6-14-9-11(13)8-12(3,4)5/h10-11,14H,6-9H2,1-5H3. The van der Waals surface area contributed by atoms with E-state index in [0.29, 0.717) is 11.5 Å². The van der Waals surface area contributed by atoms with Crippen molar-refractivity contribution in [3.63, 3.8) is 0 Å². The molecule has 0 amide bonds. The van der Waals surface area contributed by atoms with Crippen LogP contribution in [0.4, 0.5) is 0 Å². The zero-order valence-corrected chi connectivity index (χ0v) is 11.5. The van der Waals surface area contributed by atoms with Gasteiger partial charge in [0.2, 0.25) is 0 Å². The molecule has 0 aliphatic carbocycles. The molecule has 0 aliphatic rings. The van der Waals surface area contributed by atoms with Crippen LogP contribution in [0.15, 0.2) is 0 Å². The second kappa shape index (κ2) is 7.48. The third-order valence-corrected chi connectivity index (χ3v) is 2.24. The first kappa shape index (κ1) is 15.2. The molecule has 92 valence electrons. The highest BCUT2D eigenvalue weighted by molar-refractivity contribution is 6.20. The zero-order valence-electron chi connectivity index (χ0n) is 10.8. The quantitative estimate of drug-likeness (QED) is 0.541. The second-order valence-corrected chi connectivity index (χ2v) is 6.10. The Bertz CT molecular complexity index is 154.